The highest BCUT2D eigenvalue weighted by molar-refractivity contribution is 5.69. The van der Waals surface area contributed by atoms with E-state index in [1.165, 1.54) is 11.1 Å². The van der Waals surface area contributed by atoms with Gasteiger partial charge in [-0.3, -0.25) is 19.6 Å². The van der Waals surface area contributed by atoms with E-state index in [1.807, 2.05) is 23.4 Å². The topological polar surface area (TPSA) is 56.7 Å². The van der Waals surface area contributed by atoms with Crippen LogP contribution in [-0.4, -0.2) is 58.6 Å². The number of aromatic nitrogens is 1. The van der Waals surface area contributed by atoms with E-state index in [4.69, 9.17) is 5.11 Å². The Bertz CT molecular complexity index is 436. The van der Waals surface area contributed by atoms with Crippen LogP contribution in [0.15, 0.2) is 18.5 Å². The third kappa shape index (κ3) is 4.29. The van der Waals surface area contributed by atoms with Crippen molar-refractivity contribution in [1.82, 2.24) is 14.8 Å². The number of carboxylic acid groups (broad SMARTS) is 1. The van der Waals surface area contributed by atoms with Crippen LogP contribution in [0.5, 0.6) is 0 Å². The smallest absolute Gasteiger partial charge is 0.317 e. The molecular formula is C14H21N3O2. The van der Waals surface area contributed by atoms with E-state index in [2.05, 4.69) is 16.8 Å². The van der Waals surface area contributed by atoms with Crippen LogP contribution in [-0.2, 0) is 11.3 Å². The lowest BCUT2D eigenvalue weighted by molar-refractivity contribution is -0.138. The first kappa shape index (κ1) is 14.0. The first-order valence-electron chi connectivity index (χ1n) is 6.71. The maximum atomic E-state index is 10.7. The first-order chi connectivity index (χ1) is 9.15. The Hall–Kier alpha value is -1.46. The Morgan fingerprint density at radius 3 is 2.79 bits per heavy atom. The summed E-state index contributed by atoms with van der Waals surface area (Å²) in [5, 5.41) is 8.83. The Labute approximate surface area is 113 Å². The Kier molecular flexibility index (Phi) is 4.87. The van der Waals surface area contributed by atoms with Crippen LogP contribution in [0.4, 0.5) is 0 Å². The van der Waals surface area contributed by atoms with Gasteiger partial charge in [0.15, 0.2) is 0 Å². The minimum atomic E-state index is -0.739. The molecule has 5 nitrogen and oxygen atoms in total. The zero-order chi connectivity index (χ0) is 13.7. The minimum absolute atomic E-state index is 0.153. The molecule has 1 saturated heterocycles. The van der Waals surface area contributed by atoms with Gasteiger partial charge in [0.05, 0.1) is 6.54 Å². The summed E-state index contributed by atoms with van der Waals surface area (Å²) in [5.41, 5.74) is 2.52. The summed E-state index contributed by atoms with van der Waals surface area (Å²) in [4.78, 5) is 19.3. The summed E-state index contributed by atoms with van der Waals surface area (Å²) < 4.78 is 0. The van der Waals surface area contributed by atoms with Crippen molar-refractivity contribution in [3.8, 4) is 0 Å². The van der Waals surface area contributed by atoms with E-state index in [1.54, 1.807) is 0 Å². The van der Waals surface area contributed by atoms with Crippen LogP contribution in [0.1, 0.15) is 17.5 Å². The van der Waals surface area contributed by atoms with E-state index in [9.17, 15) is 4.79 Å². The summed E-state index contributed by atoms with van der Waals surface area (Å²) >= 11 is 0. The number of carboxylic acids is 1. The average Bonchev–Trinajstić information content (AvgIpc) is 2.57. The fraction of sp³-hybridized carbons (Fsp3) is 0.571. The molecule has 19 heavy (non-hydrogen) atoms. The lowest BCUT2D eigenvalue weighted by Gasteiger charge is -2.21. The maximum Gasteiger partial charge on any atom is 0.317 e. The molecule has 0 saturated carbocycles. The largest absolute Gasteiger partial charge is 0.480 e. The van der Waals surface area contributed by atoms with Gasteiger partial charge in [-0.15, -0.1) is 0 Å². The molecule has 0 bridgehead atoms. The van der Waals surface area contributed by atoms with Crippen LogP contribution >= 0.6 is 0 Å². The molecule has 0 unspecified atom stereocenters. The quantitative estimate of drug-likeness (QED) is 0.877. The van der Waals surface area contributed by atoms with Crippen molar-refractivity contribution in [2.45, 2.75) is 19.9 Å². The maximum absolute atomic E-state index is 10.7. The highest BCUT2D eigenvalue weighted by atomic mass is 16.4. The van der Waals surface area contributed by atoms with Gasteiger partial charge in [0.1, 0.15) is 0 Å². The molecule has 0 aliphatic carbocycles. The number of pyridine rings is 1. The van der Waals surface area contributed by atoms with Gasteiger partial charge in [-0.2, -0.15) is 0 Å². The number of aliphatic carboxylic acids is 1. The zero-order valence-electron chi connectivity index (χ0n) is 11.4. The Morgan fingerprint density at radius 1 is 1.32 bits per heavy atom. The predicted octanol–water partition coefficient (Wildman–Crippen LogP) is 0.982. The molecular weight excluding hydrogens is 242 g/mol. The SMILES string of the molecule is Cc1ccncc1CN1CCCN(CC(=O)O)CC1. The van der Waals surface area contributed by atoms with Crippen molar-refractivity contribution in [2.24, 2.45) is 0 Å². The van der Waals surface area contributed by atoms with E-state index < -0.39 is 5.97 Å². The van der Waals surface area contributed by atoms with Crippen molar-refractivity contribution in [1.29, 1.82) is 0 Å². The molecule has 0 aromatic carbocycles. The van der Waals surface area contributed by atoms with Gasteiger partial charge in [-0.1, -0.05) is 0 Å². The normalized spacial score (nSPS) is 18.2. The zero-order valence-corrected chi connectivity index (χ0v) is 11.4. The number of carbonyl (C=O) groups is 1. The molecule has 1 aromatic rings. The van der Waals surface area contributed by atoms with Crippen LogP contribution in [0.25, 0.3) is 0 Å². The molecule has 0 amide bonds. The van der Waals surface area contributed by atoms with Gasteiger partial charge < -0.3 is 5.11 Å². The highest BCUT2D eigenvalue weighted by Gasteiger charge is 2.17. The van der Waals surface area contributed by atoms with Gasteiger partial charge in [0.25, 0.3) is 0 Å². The van der Waals surface area contributed by atoms with Crippen molar-refractivity contribution < 1.29 is 9.90 Å². The van der Waals surface area contributed by atoms with Gasteiger partial charge in [-0.25, -0.2) is 0 Å². The second kappa shape index (κ2) is 6.63. The Balaban J connectivity index is 1.89. The number of hydrogen-bond acceptors (Lipinski definition) is 4. The summed E-state index contributed by atoms with van der Waals surface area (Å²) in [6.07, 6.45) is 4.76. The number of aryl methyl sites for hydroxylation is 1. The summed E-state index contributed by atoms with van der Waals surface area (Å²) in [6, 6.07) is 2.03. The molecule has 1 fully saturated rings. The number of nitrogens with zero attached hydrogens (tertiary/aromatic N) is 3. The van der Waals surface area contributed by atoms with Crippen LogP contribution in [0, 0.1) is 6.92 Å². The minimum Gasteiger partial charge on any atom is -0.480 e. The molecule has 5 heteroatoms. The monoisotopic (exact) mass is 263 g/mol. The molecule has 2 rings (SSSR count). The van der Waals surface area contributed by atoms with Crippen LogP contribution in [0.3, 0.4) is 0 Å². The molecule has 1 aliphatic heterocycles. The Morgan fingerprint density at radius 2 is 2.05 bits per heavy atom. The van der Waals surface area contributed by atoms with Gasteiger partial charge in [-0.05, 0) is 37.1 Å². The molecule has 2 heterocycles. The van der Waals surface area contributed by atoms with Crippen LogP contribution < -0.4 is 0 Å². The lowest BCUT2D eigenvalue weighted by atomic mass is 10.1. The standard InChI is InChI=1S/C14H21N3O2/c1-12-3-4-15-9-13(12)10-16-5-2-6-17(8-7-16)11-14(18)19/h3-4,9H,2,5-8,10-11H2,1H3,(H,18,19). The third-order valence-corrected chi connectivity index (χ3v) is 3.58. The average molecular weight is 263 g/mol. The fourth-order valence-corrected chi connectivity index (χ4v) is 2.44. The summed E-state index contributed by atoms with van der Waals surface area (Å²) in [6.45, 7) is 6.79. The van der Waals surface area contributed by atoms with E-state index in [0.717, 1.165) is 39.1 Å². The van der Waals surface area contributed by atoms with E-state index in [-0.39, 0.29) is 6.54 Å². The third-order valence-electron chi connectivity index (χ3n) is 3.58. The van der Waals surface area contributed by atoms with Crippen molar-refractivity contribution in [3.05, 3.63) is 29.6 Å². The molecule has 1 N–H and O–H groups in total. The molecule has 104 valence electrons. The second-order valence-corrected chi connectivity index (χ2v) is 5.10. The van der Waals surface area contributed by atoms with Crippen LogP contribution in [0.2, 0.25) is 0 Å². The molecule has 0 spiro atoms. The van der Waals surface area contributed by atoms with Crippen molar-refractivity contribution in [2.75, 3.05) is 32.7 Å². The van der Waals surface area contributed by atoms with E-state index >= 15 is 0 Å². The second-order valence-electron chi connectivity index (χ2n) is 5.10. The fourth-order valence-electron chi connectivity index (χ4n) is 2.44. The number of rotatable bonds is 4. The summed E-state index contributed by atoms with van der Waals surface area (Å²) in [7, 11) is 0. The molecule has 1 aliphatic rings. The van der Waals surface area contributed by atoms with Gasteiger partial charge >= 0.3 is 5.97 Å². The lowest BCUT2D eigenvalue weighted by Crippen LogP contribution is -2.34. The number of hydrogen-bond donors (Lipinski definition) is 1. The van der Waals surface area contributed by atoms with E-state index in [0.29, 0.717) is 0 Å². The molecule has 1 aromatic heterocycles. The first-order valence-corrected chi connectivity index (χ1v) is 6.71. The molecule has 0 radical (unpaired) electrons. The molecule has 0 atom stereocenters. The van der Waals surface area contributed by atoms with Crippen molar-refractivity contribution in [3.63, 3.8) is 0 Å². The summed E-state index contributed by atoms with van der Waals surface area (Å²) in [5.74, 6) is -0.739. The predicted molar refractivity (Wildman–Crippen MR) is 72.9 cm³/mol. The highest BCUT2D eigenvalue weighted by Crippen LogP contribution is 2.11. The van der Waals surface area contributed by atoms with Gasteiger partial charge in [0.2, 0.25) is 0 Å². The van der Waals surface area contributed by atoms with Gasteiger partial charge in [0, 0.05) is 38.6 Å². The van der Waals surface area contributed by atoms with Crippen molar-refractivity contribution >= 4 is 5.97 Å².